The Bertz CT molecular complexity index is 1320. The summed E-state index contributed by atoms with van der Waals surface area (Å²) in [7, 11) is 0. The van der Waals surface area contributed by atoms with E-state index < -0.39 is 12.0 Å². The highest BCUT2D eigenvalue weighted by Gasteiger charge is 2.21. The van der Waals surface area contributed by atoms with Gasteiger partial charge in [0.1, 0.15) is 24.2 Å². The van der Waals surface area contributed by atoms with Crippen LogP contribution in [0, 0.1) is 6.92 Å². The van der Waals surface area contributed by atoms with Gasteiger partial charge in [0.2, 0.25) is 0 Å². The van der Waals surface area contributed by atoms with Crippen LogP contribution in [0.3, 0.4) is 0 Å². The fraction of sp³-hybridized carbons (Fsp3) is 0.167. The highest BCUT2D eigenvalue weighted by atomic mass is 16.5. The second-order valence-corrected chi connectivity index (χ2v) is 8.62. The Kier molecular flexibility index (Phi) is 8.49. The standard InChI is InChI=1S/C30H29N3O4/c1-21-11-16-28(32-20-21)31-17-18-37-24-14-12-22(13-15-24)19-27(30(35)36)33-26-10-6-5-9-25(26)29(34)23-7-3-2-4-8-23/h2-16,20,27,33H,17-19H2,1H3,(H,31,32)(H,35,36)/t27-/m1/s1. The molecular weight excluding hydrogens is 466 g/mol. The van der Waals surface area contributed by atoms with Gasteiger partial charge in [-0.3, -0.25) is 4.79 Å². The van der Waals surface area contributed by atoms with E-state index in [0.29, 0.717) is 35.7 Å². The zero-order valence-electron chi connectivity index (χ0n) is 20.6. The van der Waals surface area contributed by atoms with Crippen LogP contribution in [-0.2, 0) is 11.2 Å². The number of ether oxygens (including phenoxy) is 1. The summed E-state index contributed by atoms with van der Waals surface area (Å²) in [6.45, 7) is 3.05. The van der Waals surface area contributed by atoms with Crippen molar-refractivity contribution in [3.8, 4) is 5.75 Å². The number of pyridine rings is 1. The lowest BCUT2D eigenvalue weighted by atomic mass is 10.00. The number of hydrogen-bond donors (Lipinski definition) is 3. The minimum atomic E-state index is -1.00. The van der Waals surface area contributed by atoms with Crippen molar-refractivity contribution in [1.29, 1.82) is 0 Å². The number of ketones is 1. The lowest BCUT2D eigenvalue weighted by Gasteiger charge is -2.18. The van der Waals surface area contributed by atoms with Crippen LogP contribution in [0.15, 0.2) is 97.2 Å². The summed E-state index contributed by atoms with van der Waals surface area (Å²) >= 11 is 0. The Morgan fingerprint density at radius 1 is 0.919 bits per heavy atom. The number of aryl methyl sites for hydroxylation is 1. The summed E-state index contributed by atoms with van der Waals surface area (Å²) in [4.78, 5) is 29.4. The van der Waals surface area contributed by atoms with E-state index in [1.165, 1.54) is 0 Å². The van der Waals surface area contributed by atoms with Crippen molar-refractivity contribution in [2.45, 2.75) is 19.4 Å². The summed E-state index contributed by atoms with van der Waals surface area (Å²) in [5, 5.41) is 16.1. The number of carbonyl (C=O) groups excluding carboxylic acids is 1. The molecule has 3 aromatic carbocycles. The van der Waals surface area contributed by atoms with Gasteiger partial charge in [-0.2, -0.15) is 0 Å². The normalized spacial score (nSPS) is 11.4. The molecule has 4 rings (SSSR count). The number of rotatable bonds is 12. The van der Waals surface area contributed by atoms with Gasteiger partial charge in [0.15, 0.2) is 5.78 Å². The number of nitrogens with one attached hydrogen (secondary N) is 2. The summed E-state index contributed by atoms with van der Waals surface area (Å²) in [5.41, 5.74) is 3.40. The van der Waals surface area contributed by atoms with E-state index in [9.17, 15) is 14.7 Å². The van der Waals surface area contributed by atoms with E-state index >= 15 is 0 Å². The van der Waals surface area contributed by atoms with E-state index in [1.807, 2.05) is 49.4 Å². The van der Waals surface area contributed by atoms with Crippen molar-refractivity contribution in [3.63, 3.8) is 0 Å². The topological polar surface area (TPSA) is 101 Å². The fourth-order valence-electron chi connectivity index (χ4n) is 3.82. The first-order valence-corrected chi connectivity index (χ1v) is 12.1. The number of carbonyl (C=O) groups is 2. The van der Waals surface area contributed by atoms with Gasteiger partial charge < -0.3 is 20.5 Å². The van der Waals surface area contributed by atoms with Crippen LogP contribution in [0.5, 0.6) is 5.75 Å². The van der Waals surface area contributed by atoms with Crippen LogP contribution in [0.1, 0.15) is 27.0 Å². The molecule has 1 aromatic heterocycles. The van der Waals surface area contributed by atoms with Gasteiger partial charge in [0.05, 0.1) is 6.54 Å². The number of benzene rings is 3. The van der Waals surface area contributed by atoms with Crippen molar-refractivity contribution < 1.29 is 19.4 Å². The van der Waals surface area contributed by atoms with E-state index in [2.05, 4.69) is 15.6 Å². The summed E-state index contributed by atoms with van der Waals surface area (Å²) in [6, 6.07) is 26.3. The van der Waals surface area contributed by atoms with E-state index in [0.717, 1.165) is 16.9 Å². The average Bonchev–Trinajstić information content (AvgIpc) is 2.93. The Hall–Kier alpha value is -4.65. The molecule has 0 radical (unpaired) electrons. The minimum Gasteiger partial charge on any atom is -0.492 e. The monoisotopic (exact) mass is 495 g/mol. The maximum atomic E-state index is 13.0. The number of para-hydroxylation sites is 1. The molecule has 1 atom stereocenters. The quantitative estimate of drug-likeness (QED) is 0.183. The summed E-state index contributed by atoms with van der Waals surface area (Å²) in [5.74, 6) is 0.324. The molecule has 3 N–H and O–H groups in total. The number of hydrogen-bond acceptors (Lipinski definition) is 6. The maximum absolute atomic E-state index is 13.0. The maximum Gasteiger partial charge on any atom is 0.326 e. The molecule has 0 aliphatic carbocycles. The third kappa shape index (κ3) is 7.18. The zero-order chi connectivity index (χ0) is 26.0. The van der Waals surface area contributed by atoms with Crippen LogP contribution in [-0.4, -0.2) is 41.0 Å². The first kappa shape index (κ1) is 25.4. The van der Waals surface area contributed by atoms with Gasteiger partial charge in [-0.15, -0.1) is 0 Å². The van der Waals surface area contributed by atoms with Gasteiger partial charge in [0.25, 0.3) is 0 Å². The molecule has 1 heterocycles. The first-order chi connectivity index (χ1) is 18.0. The van der Waals surface area contributed by atoms with Crippen molar-refractivity contribution in [1.82, 2.24) is 4.98 Å². The molecule has 0 unspecified atom stereocenters. The van der Waals surface area contributed by atoms with Crippen LogP contribution in [0.4, 0.5) is 11.5 Å². The highest BCUT2D eigenvalue weighted by Crippen LogP contribution is 2.22. The molecule has 4 aromatic rings. The van der Waals surface area contributed by atoms with E-state index in [1.54, 1.807) is 54.7 Å². The molecule has 7 nitrogen and oxygen atoms in total. The van der Waals surface area contributed by atoms with Crippen LogP contribution in [0.25, 0.3) is 0 Å². The highest BCUT2D eigenvalue weighted by molar-refractivity contribution is 6.12. The third-order valence-corrected chi connectivity index (χ3v) is 5.79. The van der Waals surface area contributed by atoms with Gasteiger partial charge in [-0.1, -0.05) is 60.7 Å². The molecule has 37 heavy (non-hydrogen) atoms. The second kappa shape index (κ2) is 12.4. The predicted molar refractivity (Wildman–Crippen MR) is 144 cm³/mol. The molecule has 0 aliphatic heterocycles. The first-order valence-electron chi connectivity index (χ1n) is 12.1. The number of anilines is 2. The van der Waals surface area contributed by atoms with Crippen LogP contribution >= 0.6 is 0 Å². The smallest absolute Gasteiger partial charge is 0.326 e. The molecule has 0 spiro atoms. The van der Waals surface area contributed by atoms with Crippen LogP contribution in [0.2, 0.25) is 0 Å². The van der Waals surface area contributed by atoms with Gasteiger partial charge in [0, 0.05) is 29.4 Å². The summed E-state index contributed by atoms with van der Waals surface area (Å²) in [6.07, 6.45) is 2.05. The molecule has 0 fully saturated rings. The van der Waals surface area contributed by atoms with Crippen LogP contribution < -0.4 is 15.4 Å². The van der Waals surface area contributed by atoms with Crippen molar-refractivity contribution in [2.75, 3.05) is 23.8 Å². The van der Waals surface area contributed by atoms with E-state index in [4.69, 9.17) is 4.74 Å². The van der Waals surface area contributed by atoms with E-state index in [-0.39, 0.29) is 12.2 Å². The van der Waals surface area contributed by atoms with Crippen molar-refractivity contribution in [3.05, 3.63) is 119 Å². The molecule has 0 aliphatic rings. The predicted octanol–water partition coefficient (Wildman–Crippen LogP) is 5.22. The van der Waals surface area contributed by atoms with Crippen molar-refractivity contribution >= 4 is 23.3 Å². The van der Waals surface area contributed by atoms with Gasteiger partial charge in [-0.05, 0) is 48.4 Å². The molecule has 0 bridgehead atoms. The molecule has 0 saturated carbocycles. The van der Waals surface area contributed by atoms with Gasteiger partial charge >= 0.3 is 5.97 Å². The second-order valence-electron chi connectivity index (χ2n) is 8.62. The summed E-state index contributed by atoms with van der Waals surface area (Å²) < 4.78 is 5.78. The van der Waals surface area contributed by atoms with Gasteiger partial charge in [-0.25, -0.2) is 9.78 Å². The molecule has 0 saturated heterocycles. The number of aromatic nitrogens is 1. The Balaban J connectivity index is 1.35. The largest absolute Gasteiger partial charge is 0.492 e. The molecule has 7 heteroatoms. The lowest BCUT2D eigenvalue weighted by Crippen LogP contribution is -2.32. The number of carboxylic acids is 1. The number of nitrogens with zero attached hydrogens (tertiary/aromatic N) is 1. The lowest BCUT2D eigenvalue weighted by molar-refractivity contribution is -0.137. The SMILES string of the molecule is Cc1ccc(NCCOc2ccc(C[C@@H](Nc3ccccc3C(=O)c3ccccc3)C(=O)O)cc2)nc1. The zero-order valence-corrected chi connectivity index (χ0v) is 20.6. The van der Waals surface area contributed by atoms with Crippen molar-refractivity contribution in [2.24, 2.45) is 0 Å². The number of carboxylic acid groups (broad SMARTS) is 1. The Labute approximate surface area is 216 Å². The molecule has 188 valence electrons. The average molecular weight is 496 g/mol. The number of aliphatic carboxylic acids is 1. The molecule has 0 amide bonds. The fourth-order valence-corrected chi connectivity index (χ4v) is 3.82. The third-order valence-electron chi connectivity index (χ3n) is 5.79. The Morgan fingerprint density at radius 2 is 1.65 bits per heavy atom. The molecular formula is C30H29N3O4. The Morgan fingerprint density at radius 3 is 2.35 bits per heavy atom. The minimum absolute atomic E-state index is 0.165.